The molecule has 0 aromatic heterocycles. The fourth-order valence-corrected chi connectivity index (χ4v) is 4.02. The number of urea groups is 1. The zero-order valence-electron chi connectivity index (χ0n) is 17.3. The SMILES string of the molecule is CC[C@@H]1CN2C(=O)N(c3ccc(Cl)cc3C(F)(F)F)C[C@@H]2CN1C(=O)OC(C)(C)C. The van der Waals surface area contributed by atoms with E-state index in [4.69, 9.17) is 16.3 Å². The molecule has 10 heteroatoms. The first-order valence-corrected chi connectivity index (χ1v) is 10.1. The van der Waals surface area contributed by atoms with Crippen LogP contribution in [0.15, 0.2) is 18.2 Å². The van der Waals surface area contributed by atoms with Crippen molar-refractivity contribution in [3.05, 3.63) is 28.8 Å². The molecule has 166 valence electrons. The fourth-order valence-electron chi connectivity index (χ4n) is 3.85. The predicted molar refractivity (Wildman–Crippen MR) is 107 cm³/mol. The van der Waals surface area contributed by atoms with E-state index in [1.54, 1.807) is 30.6 Å². The zero-order chi connectivity index (χ0) is 22.4. The predicted octanol–water partition coefficient (Wildman–Crippen LogP) is 5.00. The summed E-state index contributed by atoms with van der Waals surface area (Å²) in [5, 5.41) is -0.0578. The molecule has 2 aliphatic heterocycles. The van der Waals surface area contributed by atoms with Crippen molar-refractivity contribution in [1.82, 2.24) is 9.80 Å². The topological polar surface area (TPSA) is 53.1 Å². The number of amides is 3. The van der Waals surface area contributed by atoms with Crippen LogP contribution >= 0.6 is 11.6 Å². The van der Waals surface area contributed by atoms with E-state index in [1.165, 1.54) is 12.1 Å². The number of nitrogens with zero attached hydrogens (tertiary/aromatic N) is 3. The minimum Gasteiger partial charge on any atom is -0.444 e. The molecule has 2 atom stereocenters. The lowest BCUT2D eigenvalue weighted by molar-refractivity contribution is -0.137. The maximum atomic E-state index is 13.5. The second kappa shape index (κ2) is 7.83. The van der Waals surface area contributed by atoms with Crippen molar-refractivity contribution in [2.24, 2.45) is 0 Å². The number of carbonyl (C=O) groups is 2. The molecule has 0 aliphatic carbocycles. The normalized spacial score (nSPS) is 22.4. The molecular formula is C20H25ClF3N3O3. The Kier molecular flexibility index (Phi) is 5.88. The van der Waals surface area contributed by atoms with E-state index in [-0.39, 0.29) is 36.4 Å². The van der Waals surface area contributed by atoms with Crippen LogP contribution in [-0.2, 0) is 10.9 Å². The summed E-state index contributed by atoms with van der Waals surface area (Å²) >= 11 is 5.76. The molecule has 3 amide bonds. The van der Waals surface area contributed by atoms with Gasteiger partial charge < -0.3 is 14.5 Å². The first kappa shape index (κ1) is 22.5. The summed E-state index contributed by atoms with van der Waals surface area (Å²) in [6, 6.07) is 2.17. The molecule has 2 saturated heterocycles. The van der Waals surface area contributed by atoms with Crippen molar-refractivity contribution in [1.29, 1.82) is 0 Å². The van der Waals surface area contributed by atoms with Crippen molar-refractivity contribution in [2.75, 3.05) is 24.5 Å². The molecule has 30 heavy (non-hydrogen) atoms. The van der Waals surface area contributed by atoms with Gasteiger partial charge in [0, 0.05) is 24.7 Å². The molecule has 1 aromatic carbocycles. The largest absolute Gasteiger partial charge is 0.444 e. The highest BCUT2D eigenvalue weighted by molar-refractivity contribution is 6.30. The van der Waals surface area contributed by atoms with E-state index < -0.39 is 35.5 Å². The number of halogens is 4. The van der Waals surface area contributed by atoms with E-state index in [0.717, 1.165) is 11.0 Å². The second-order valence-electron chi connectivity index (χ2n) is 8.55. The number of fused-ring (bicyclic) bond motifs is 1. The number of alkyl halides is 3. The van der Waals surface area contributed by atoms with Gasteiger partial charge in [0.1, 0.15) is 5.60 Å². The lowest BCUT2D eigenvalue weighted by Gasteiger charge is -2.42. The molecule has 2 heterocycles. The number of benzene rings is 1. The Morgan fingerprint density at radius 2 is 1.87 bits per heavy atom. The summed E-state index contributed by atoms with van der Waals surface area (Å²) in [6.07, 6.45) is -4.55. The van der Waals surface area contributed by atoms with Crippen LogP contribution in [0.3, 0.4) is 0 Å². The van der Waals surface area contributed by atoms with Crippen LogP contribution in [0.1, 0.15) is 39.7 Å². The van der Waals surface area contributed by atoms with Gasteiger partial charge in [-0.05, 0) is 45.4 Å². The molecule has 2 fully saturated rings. The Labute approximate surface area is 178 Å². The minimum absolute atomic E-state index is 0.0410. The summed E-state index contributed by atoms with van der Waals surface area (Å²) in [4.78, 5) is 29.9. The smallest absolute Gasteiger partial charge is 0.418 e. The van der Waals surface area contributed by atoms with E-state index >= 15 is 0 Å². The van der Waals surface area contributed by atoms with Crippen molar-refractivity contribution in [3.63, 3.8) is 0 Å². The minimum atomic E-state index is -4.65. The van der Waals surface area contributed by atoms with Crippen LogP contribution < -0.4 is 4.90 Å². The Morgan fingerprint density at radius 3 is 2.43 bits per heavy atom. The van der Waals surface area contributed by atoms with Crippen molar-refractivity contribution in [2.45, 2.75) is 58.0 Å². The van der Waals surface area contributed by atoms with Crippen molar-refractivity contribution >= 4 is 29.4 Å². The van der Waals surface area contributed by atoms with E-state index in [0.29, 0.717) is 6.42 Å². The molecule has 3 rings (SSSR count). The summed E-state index contributed by atoms with van der Waals surface area (Å²) in [5.74, 6) is 0. The van der Waals surface area contributed by atoms with Crippen LogP contribution in [0.5, 0.6) is 0 Å². The molecule has 0 spiro atoms. The number of hydrogen-bond acceptors (Lipinski definition) is 3. The van der Waals surface area contributed by atoms with Crippen LogP contribution in [0, 0.1) is 0 Å². The first-order chi connectivity index (χ1) is 13.8. The average Bonchev–Trinajstić information content (AvgIpc) is 2.94. The van der Waals surface area contributed by atoms with Gasteiger partial charge >= 0.3 is 18.3 Å². The quantitative estimate of drug-likeness (QED) is 0.641. The maximum Gasteiger partial charge on any atom is 0.418 e. The van der Waals surface area contributed by atoms with Gasteiger partial charge in [-0.25, -0.2) is 9.59 Å². The van der Waals surface area contributed by atoms with Gasteiger partial charge in [-0.2, -0.15) is 13.2 Å². The summed E-state index contributed by atoms with van der Waals surface area (Å²) in [6.45, 7) is 7.67. The molecule has 0 bridgehead atoms. The second-order valence-corrected chi connectivity index (χ2v) is 8.99. The van der Waals surface area contributed by atoms with Gasteiger partial charge in [0.2, 0.25) is 0 Å². The van der Waals surface area contributed by atoms with Crippen molar-refractivity contribution in [3.8, 4) is 0 Å². The first-order valence-electron chi connectivity index (χ1n) is 9.76. The van der Waals surface area contributed by atoms with Crippen molar-refractivity contribution < 1.29 is 27.5 Å². The van der Waals surface area contributed by atoms with Crippen LogP contribution in [0.2, 0.25) is 5.02 Å². The molecule has 6 nitrogen and oxygen atoms in total. The molecule has 2 aliphatic rings. The standard InChI is InChI=1S/C20H25ClF3N3O3/c1-5-13-9-25-14(10-26(13)18(29)30-19(2,3)4)11-27(17(25)28)16-7-6-12(21)8-15(16)20(22,23)24/h6-8,13-14H,5,9-11H2,1-4H3/t13-,14+/m1/s1. The monoisotopic (exact) mass is 447 g/mol. The Morgan fingerprint density at radius 1 is 1.20 bits per heavy atom. The maximum absolute atomic E-state index is 13.5. The fraction of sp³-hybridized carbons (Fsp3) is 0.600. The summed E-state index contributed by atoms with van der Waals surface area (Å²) < 4.78 is 46.1. The van der Waals surface area contributed by atoms with Crippen LogP contribution in [-0.4, -0.2) is 59.2 Å². The van der Waals surface area contributed by atoms with Gasteiger partial charge in [-0.3, -0.25) is 4.90 Å². The van der Waals surface area contributed by atoms with E-state index in [1.807, 2.05) is 6.92 Å². The summed E-state index contributed by atoms with van der Waals surface area (Å²) in [5.41, 5.74) is -1.86. The third-order valence-corrected chi connectivity index (χ3v) is 5.46. The number of carbonyl (C=O) groups excluding carboxylic acids is 2. The molecule has 0 radical (unpaired) electrons. The number of rotatable bonds is 2. The number of piperazine rings is 1. The Hall–Kier alpha value is -2.16. The number of ether oxygens (including phenoxy) is 1. The molecular weight excluding hydrogens is 423 g/mol. The average molecular weight is 448 g/mol. The van der Waals surface area contributed by atoms with Gasteiger partial charge in [-0.1, -0.05) is 18.5 Å². The molecule has 1 aromatic rings. The Bertz CT molecular complexity index is 841. The van der Waals surface area contributed by atoms with Gasteiger partial charge in [0.15, 0.2) is 0 Å². The number of anilines is 1. The molecule has 0 saturated carbocycles. The van der Waals surface area contributed by atoms with Gasteiger partial charge in [0.05, 0.1) is 23.3 Å². The van der Waals surface area contributed by atoms with Crippen LogP contribution in [0.4, 0.5) is 28.4 Å². The van der Waals surface area contributed by atoms with Gasteiger partial charge in [-0.15, -0.1) is 0 Å². The van der Waals surface area contributed by atoms with E-state index in [9.17, 15) is 22.8 Å². The third-order valence-electron chi connectivity index (χ3n) is 5.22. The number of hydrogen-bond donors (Lipinski definition) is 0. The highest BCUT2D eigenvalue weighted by Gasteiger charge is 2.48. The lowest BCUT2D eigenvalue weighted by Crippen LogP contribution is -2.59. The van der Waals surface area contributed by atoms with Gasteiger partial charge in [0.25, 0.3) is 0 Å². The third kappa shape index (κ3) is 4.45. The molecule has 0 unspecified atom stereocenters. The summed E-state index contributed by atoms with van der Waals surface area (Å²) in [7, 11) is 0. The Balaban J connectivity index is 1.88. The zero-order valence-corrected chi connectivity index (χ0v) is 18.0. The van der Waals surface area contributed by atoms with Crippen LogP contribution in [0.25, 0.3) is 0 Å². The highest BCUT2D eigenvalue weighted by atomic mass is 35.5. The lowest BCUT2D eigenvalue weighted by atomic mass is 10.1. The highest BCUT2D eigenvalue weighted by Crippen LogP contribution is 2.40. The molecule has 0 N–H and O–H groups in total. The van der Waals surface area contributed by atoms with E-state index in [2.05, 4.69) is 0 Å².